The smallest absolute Gasteiger partial charge is 0.328 e. The number of benzene rings is 1. The van der Waals surface area contributed by atoms with Crippen LogP contribution in [0.25, 0.3) is 0 Å². The van der Waals surface area contributed by atoms with Crippen LogP contribution < -0.4 is 10.2 Å². The lowest BCUT2D eigenvalue weighted by atomic mass is 9.82. The van der Waals surface area contributed by atoms with E-state index in [1.165, 1.54) is 4.90 Å². The molecule has 0 radical (unpaired) electrons. The van der Waals surface area contributed by atoms with Crippen LogP contribution in [0.4, 0.5) is 10.5 Å². The van der Waals surface area contributed by atoms with E-state index in [-0.39, 0.29) is 23.9 Å². The summed E-state index contributed by atoms with van der Waals surface area (Å²) >= 11 is 0. The van der Waals surface area contributed by atoms with Crippen LogP contribution in [0.3, 0.4) is 0 Å². The third kappa shape index (κ3) is 1.78. The number of nitrogens with one attached hydrogen (secondary N) is 1. The molecule has 3 rings (SSSR count). The SMILES string of the molecule is O=C1N[C@@H]2CCCC[C@H]2C(=O)N1c1ccccc1. The number of carbonyl (C=O) groups excluding carboxylic acids is 2. The molecular weight excluding hydrogens is 228 g/mol. The standard InChI is InChI=1S/C14H16N2O2/c17-13-11-8-4-5-9-12(11)15-14(18)16(13)10-6-2-1-3-7-10/h1-3,6-7,11-12H,4-5,8-9H2,(H,15,18)/t11-,12-/m1/s1. The first kappa shape index (κ1) is 11.3. The van der Waals surface area contributed by atoms with Crippen molar-refractivity contribution < 1.29 is 9.59 Å². The number of carbonyl (C=O) groups is 2. The van der Waals surface area contributed by atoms with Crippen LogP contribution in [0.15, 0.2) is 30.3 Å². The monoisotopic (exact) mass is 244 g/mol. The first-order valence-corrected chi connectivity index (χ1v) is 6.47. The van der Waals surface area contributed by atoms with Crippen LogP contribution in [-0.2, 0) is 4.79 Å². The number of hydrogen-bond acceptors (Lipinski definition) is 2. The van der Waals surface area contributed by atoms with Crippen molar-refractivity contribution in [3.05, 3.63) is 30.3 Å². The fourth-order valence-corrected chi connectivity index (χ4v) is 2.91. The second kappa shape index (κ2) is 4.44. The second-order valence-corrected chi connectivity index (χ2v) is 4.96. The Labute approximate surface area is 106 Å². The van der Waals surface area contributed by atoms with Gasteiger partial charge >= 0.3 is 6.03 Å². The molecule has 94 valence electrons. The van der Waals surface area contributed by atoms with Gasteiger partial charge in [0.2, 0.25) is 5.91 Å². The molecule has 2 fully saturated rings. The highest BCUT2D eigenvalue weighted by atomic mass is 16.2. The van der Waals surface area contributed by atoms with E-state index in [1.807, 2.05) is 18.2 Å². The Morgan fingerprint density at radius 3 is 2.56 bits per heavy atom. The number of amides is 3. The average Bonchev–Trinajstić information content (AvgIpc) is 2.40. The summed E-state index contributed by atoms with van der Waals surface area (Å²) in [6.07, 6.45) is 3.98. The number of anilines is 1. The predicted octanol–water partition coefficient (Wildman–Crippen LogP) is 2.30. The van der Waals surface area contributed by atoms with Crippen LogP contribution in [0.2, 0.25) is 0 Å². The minimum atomic E-state index is -0.283. The van der Waals surface area contributed by atoms with Crippen molar-refractivity contribution in [3.63, 3.8) is 0 Å². The zero-order valence-corrected chi connectivity index (χ0v) is 10.1. The van der Waals surface area contributed by atoms with Gasteiger partial charge in [-0.3, -0.25) is 4.79 Å². The molecule has 1 saturated heterocycles. The highest BCUT2D eigenvalue weighted by molar-refractivity contribution is 6.17. The normalized spacial score (nSPS) is 27.7. The summed E-state index contributed by atoms with van der Waals surface area (Å²) < 4.78 is 0. The summed E-state index contributed by atoms with van der Waals surface area (Å²) in [7, 11) is 0. The van der Waals surface area contributed by atoms with E-state index in [1.54, 1.807) is 12.1 Å². The van der Waals surface area contributed by atoms with Gasteiger partial charge in [-0.1, -0.05) is 31.0 Å². The number of imide groups is 1. The second-order valence-electron chi connectivity index (χ2n) is 4.96. The van der Waals surface area contributed by atoms with Crippen molar-refractivity contribution >= 4 is 17.6 Å². The average molecular weight is 244 g/mol. The Hall–Kier alpha value is -1.84. The molecule has 1 aliphatic heterocycles. The molecule has 1 aliphatic carbocycles. The van der Waals surface area contributed by atoms with Crippen molar-refractivity contribution in [1.82, 2.24) is 5.32 Å². The molecule has 1 saturated carbocycles. The Morgan fingerprint density at radius 1 is 1.06 bits per heavy atom. The van der Waals surface area contributed by atoms with Gasteiger partial charge in [-0.25, -0.2) is 9.69 Å². The number of rotatable bonds is 1. The molecule has 4 heteroatoms. The maximum absolute atomic E-state index is 12.4. The Balaban J connectivity index is 1.91. The molecule has 1 heterocycles. The van der Waals surface area contributed by atoms with Crippen molar-refractivity contribution in [2.75, 3.05) is 4.90 Å². The molecule has 0 aromatic heterocycles. The molecule has 2 atom stereocenters. The van der Waals surface area contributed by atoms with Crippen LogP contribution in [-0.4, -0.2) is 18.0 Å². The van der Waals surface area contributed by atoms with Gasteiger partial charge in [-0.05, 0) is 25.0 Å². The van der Waals surface area contributed by atoms with Gasteiger partial charge in [0.25, 0.3) is 0 Å². The first-order chi connectivity index (χ1) is 8.77. The minimum Gasteiger partial charge on any atom is -0.334 e. The predicted molar refractivity (Wildman–Crippen MR) is 68.2 cm³/mol. The summed E-state index contributed by atoms with van der Waals surface area (Å²) in [5.41, 5.74) is 0.657. The zero-order chi connectivity index (χ0) is 12.5. The van der Waals surface area contributed by atoms with Gasteiger partial charge in [0.15, 0.2) is 0 Å². The fourth-order valence-electron chi connectivity index (χ4n) is 2.91. The van der Waals surface area contributed by atoms with Crippen molar-refractivity contribution in [1.29, 1.82) is 0 Å². The van der Waals surface area contributed by atoms with Gasteiger partial charge in [0.1, 0.15) is 0 Å². The molecule has 1 aromatic rings. The summed E-state index contributed by atoms with van der Waals surface area (Å²) in [6.45, 7) is 0. The number of para-hydroxylation sites is 1. The minimum absolute atomic E-state index is 0.0405. The van der Waals surface area contributed by atoms with E-state index >= 15 is 0 Å². The maximum atomic E-state index is 12.4. The quantitative estimate of drug-likeness (QED) is 0.824. The van der Waals surface area contributed by atoms with Crippen LogP contribution >= 0.6 is 0 Å². The molecule has 1 aromatic carbocycles. The van der Waals surface area contributed by atoms with Crippen LogP contribution in [0.1, 0.15) is 25.7 Å². The molecule has 0 unspecified atom stereocenters. The van der Waals surface area contributed by atoms with E-state index in [4.69, 9.17) is 0 Å². The van der Waals surface area contributed by atoms with E-state index in [0.29, 0.717) is 5.69 Å². The number of urea groups is 1. The first-order valence-electron chi connectivity index (χ1n) is 6.47. The fraction of sp³-hybridized carbons (Fsp3) is 0.429. The van der Waals surface area contributed by atoms with Crippen molar-refractivity contribution in [2.45, 2.75) is 31.7 Å². The van der Waals surface area contributed by atoms with Crippen molar-refractivity contribution in [2.24, 2.45) is 5.92 Å². The van der Waals surface area contributed by atoms with Gasteiger partial charge in [-0.2, -0.15) is 0 Å². The van der Waals surface area contributed by atoms with E-state index < -0.39 is 0 Å². The van der Waals surface area contributed by atoms with Gasteiger partial charge < -0.3 is 5.32 Å². The zero-order valence-electron chi connectivity index (χ0n) is 10.1. The maximum Gasteiger partial charge on any atom is 0.328 e. The van der Waals surface area contributed by atoms with E-state index in [2.05, 4.69) is 5.32 Å². The lowest BCUT2D eigenvalue weighted by Gasteiger charge is -2.39. The highest BCUT2D eigenvalue weighted by Gasteiger charge is 2.42. The van der Waals surface area contributed by atoms with Gasteiger partial charge in [0.05, 0.1) is 11.6 Å². The lowest BCUT2D eigenvalue weighted by Crippen LogP contribution is -2.61. The molecule has 1 N–H and O–H groups in total. The third-order valence-corrected chi connectivity index (χ3v) is 3.83. The largest absolute Gasteiger partial charge is 0.334 e. The number of hydrogen-bond donors (Lipinski definition) is 1. The van der Waals surface area contributed by atoms with E-state index in [9.17, 15) is 9.59 Å². The van der Waals surface area contributed by atoms with Crippen LogP contribution in [0.5, 0.6) is 0 Å². The highest BCUT2D eigenvalue weighted by Crippen LogP contribution is 2.31. The van der Waals surface area contributed by atoms with E-state index in [0.717, 1.165) is 25.7 Å². The molecular formula is C14H16N2O2. The third-order valence-electron chi connectivity index (χ3n) is 3.83. The summed E-state index contributed by atoms with van der Waals surface area (Å²) in [4.78, 5) is 25.8. The summed E-state index contributed by atoms with van der Waals surface area (Å²) in [5.74, 6) is -0.0914. The van der Waals surface area contributed by atoms with Crippen LogP contribution in [0, 0.1) is 5.92 Å². The topological polar surface area (TPSA) is 49.4 Å². The number of fused-ring (bicyclic) bond motifs is 1. The van der Waals surface area contributed by atoms with Gasteiger partial charge in [-0.15, -0.1) is 0 Å². The number of nitrogens with zero attached hydrogens (tertiary/aromatic N) is 1. The summed E-state index contributed by atoms with van der Waals surface area (Å²) in [6, 6.07) is 8.89. The molecule has 3 amide bonds. The Morgan fingerprint density at radius 2 is 1.78 bits per heavy atom. The summed E-state index contributed by atoms with van der Waals surface area (Å²) in [5, 5.41) is 2.96. The van der Waals surface area contributed by atoms with Crippen molar-refractivity contribution in [3.8, 4) is 0 Å². The Bertz CT molecular complexity index is 472. The molecule has 0 bridgehead atoms. The molecule has 2 aliphatic rings. The van der Waals surface area contributed by atoms with Gasteiger partial charge in [0, 0.05) is 6.04 Å². The Kier molecular flexibility index (Phi) is 2.78. The lowest BCUT2D eigenvalue weighted by molar-refractivity contribution is -0.124. The molecule has 4 nitrogen and oxygen atoms in total. The molecule has 0 spiro atoms. The molecule has 18 heavy (non-hydrogen) atoms.